The van der Waals surface area contributed by atoms with E-state index in [-0.39, 0.29) is 18.2 Å². The summed E-state index contributed by atoms with van der Waals surface area (Å²) < 4.78 is 0. The number of anilines is 2. The van der Waals surface area contributed by atoms with E-state index in [4.69, 9.17) is 0 Å². The molecule has 2 N–H and O–H groups in total. The van der Waals surface area contributed by atoms with Crippen LogP contribution < -0.4 is 10.6 Å². The summed E-state index contributed by atoms with van der Waals surface area (Å²) in [6, 6.07) is 25.0. The topological polar surface area (TPSA) is 58.2 Å². The summed E-state index contributed by atoms with van der Waals surface area (Å²) in [7, 11) is 0. The van der Waals surface area contributed by atoms with Crippen LogP contribution in [0.15, 0.2) is 78.9 Å². The van der Waals surface area contributed by atoms with Gasteiger partial charge in [-0.05, 0) is 29.3 Å². The van der Waals surface area contributed by atoms with E-state index >= 15 is 0 Å². The van der Waals surface area contributed by atoms with Crippen molar-refractivity contribution in [1.82, 2.24) is 0 Å². The van der Waals surface area contributed by atoms with Crippen molar-refractivity contribution in [2.45, 2.75) is 13.3 Å². The van der Waals surface area contributed by atoms with E-state index in [1.807, 2.05) is 66.7 Å². The molecule has 0 fully saturated rings. The maximum atomic E-state index is 12.4. The first-order valence-electron chi connectivity index (χ1n) is 8.42. The van der Waals surface area contributed by atoms with Crippen molar-refractivity contribution < 1.29 is 9.59 Å². The second-order valence-electron chi connectivity index (χ2n) is 6.01. The first-order chi connectivity index (χ1) is 12.6. The molecule has 130 valence electrons. The minimum atomic E-state index is -0.118. The number of benzene rings is 3. The summed E-state index contributed by atoms with van der Waals surface area (Å²) >= 11 is 0. The second kappa shape index (κ2) is 8.12. The molecule has 0 atom stereocenters. The van der Waals surface area contributed by atoms with Crippen molar-refractivity contribution >= 4 is 23.2 Å². The zero-order valence-electron chi connectivity index (χ0n) is 14.5. The third kappa shape index (κ3) is 4.57. The Balaban J connectivity index is 1.70. The molecule has 0 radical (unpaired) electrons. The van der Waals surface area contributed by atoms with Gasteiger partial charge < -0.3 is 10.6 Å². The fourth-order valence-corrected chi connectivity index (χ4v) is 2.75. The van der Waals surface area contributed by atoms with Gasteiger partial charge in [0.2, 0.25) is 11.8 Å². The van der Waals surface area contributed by atoms with Crippen LogP contribution in [0.1, 0.15) is 12.5 Å². The first-order valence-corrected chi connectivity index (χ1v) is 8.42. The monoisotopic (exact) mass is 344 g/mol. The Kier molecular flexibility index (Phi) is 5.44. The van der Waals surface area contributed by atoms with Gasteiger partial charge in [0.1, 0.15) is 0 Å². The molecule has 0 saturated heterocycles. The van der Waals surface area contributed by atoms with Gasteiger partial charge in [-0.1, -0.05) is 60.7 Å². The average molecular weight is 344 g/mol. The summed E-state index contributed by atoms with van der Waals surface area (Å²) in [6.45, 7) is 1.46. The molecule has 0 aliphatic heterocycles. The second-order valence-corrected chi connectivity index (χ2v) is 6.01. The SMILES string of the molecule is CC(=O)Nc1ccc(CC(=O)Nc2ccccc2-c2ccccc2)cc1. The van der Waals surface area contributed by atoms with Crippen molar-refractivity contribution in [2.24, 2.45) is 0 Å². The third-order valence-corrected chi connectivity index (χ3v) is 3.92. The standard InChI is InChI=1S/C22H20N2O2/c1-16(25)23-19-13-11-17(12-14-19)15-22(26)24-21-10-6-5-9-20(21)18-7-3-2-4-8-18/h2-14H,15H2,1H3,(H,23,25)(H,24,26). The molecule has 3 aromatic rings. The van der Waals surface area contributed by atoms with Gasteiger partial charge in [-0.15, -0.1) is 0 Å². The number of para-hydroxylation sites is 1. The van der Waals surface area contributed by atoms with Gasteiger partial charge in [0.15, 0.2) is 0 Å². The Bertz CT molecular complexity index is 903. The van der Waals surface area contributed by atoms with Crippen molar-refractivity contribution in [3.8, 4) is 11.1 Å². The van der Waals surface area contributed by atoms with E-state index in [1.54, 1.807) is 12.1 Å². The van der Waals surface area contributed by atoms with E-state index in [0.29, 0.717) is 0 Å². The van der Waals surface area contributed by atoms with Gasteiger partial charge in [0, 0.05) is 23.9 Å². The molecule has 0 spiro atoms. The molecular weight excluding hydrogens is 324 g/mol. The zero-order valence-corrected chi connectivity index (χ0v) is 14.5. The largest absolute Gasteiger partial charge is 0.326 e. The molecule has 0 bridgehead atoms. The van der Waals surface area contributed by atoms with Crippen LogP contribution in [-0.4, -0.2) is 11.8 Å². The van der Waals surface area contributed by atoms with Gasteiger partial charge in [0.05, 0.1) is 6.42 Å². The van der Waals surface area contributed by atoms with E-state index < -0.39 is 0 Å². The number of nitrogens with one attached hydrogen (secondary N) is 2. The van der Waals surface area contributed by atoms with E-state index in [2.05, 4.69) is 10.6 Å². The average Bonchev–Trinajstić information content (AvgIpc) is 2.64. The van der Waals surface area contributed by atoms with Crippen molar-refractivity contribution in [2.75, 3.05) is 10.6 Å². The molecule has 3 rings (SSSR count). The Morgan fingerprint density at radius 1 is 0.769 bits per heavy atom. The Hall–Kier alpha value is -3.40. The van der Waals surface area contributed by atoms with Crippen molar-refractivity contribution in [1.29, 1.82) is 0 Å². The molecule has 2 amide bonds. The lowest BCUT2D eigenvalue weighted by atomic mass is 10.0. The van der Waals surface area contributed by atoms with Crippen LogP contribution in [0.2, 0.25) is 0 Å². The minimum Gasteiger partial charge on any atom is -0.326 e. The lowest BCUT2D eigenvalue weighted by Gasteiger charge is -2.11. The highest BCUT2D eigenvalue weighted by Gasteiger charge is 2.09. The number of rotatable bonds is 5. The summed E-state index contributed by atoms with van der Waals surface area (Å²) in [5.41, 5.74) is 4.44. The predicted octanol–water partition coefficient (Wildman–Crippen LogP) is 4.49. The molecule has 4 nitrogen and oxygen atoms in total. The van der Waals surface area contributed by atoms with Crippen LogP contribution >= 0.6 is 0 Å². The molecule has 0 unspecified atom stereocenters. The normalized spacial score (nSPS) is 10.2. The summed E-state index contributed by atoms with van der Waals surface area (Å²) in [5.74, 6) is -0.200. The molecule has 0 heterocycles. The van der Waals surface area contributed by atoms with Crippen molar-refractivity contribution in [3.05, 3.63) is 84.4 Å². The molecule has 3 aromatic carbocycles. The molecule has 0 aliphatic rings. The summed E-state index contributed by atoms with van der Waals surface area (Å²) in [4.78, 5) is 23.5. The summed E-state index contributed by atoms with van der Waals surface area (Å²) in [5, 5.41) is 5.71. The van der Waals surface area contributed by atoms with Crippen LogP contribution in [0.4, 0.5) is 11.4 Å². The molecule has 4 heteroatoms. The number of carbonyl (C=O) groups excluding carboxylic acids is 2. The van der Waals surface area contributed by atoms with Crippen molar-refractivity contribution in [3.63, 3.8) is 0 Å². The molecule has 0 aromatic heterocycles. The number of hydrogen-bond acceptors (Lipinski definition) is 2. The van der Waals surface area contributed by atoms with Gasteiger partial charge >= 0.3 is 0 Å². The maximum Gasteiger partial charge on any atom is 0.228 e. The fourth-order valence-electron chi connectivity index (χ4n) is 2.75. The Morgan fingerprint density at radius 2 is 1.42 bits per heavy atom. The van der Waals surface area contributed by atoms with Gasteiger partial charge in [-0.3, -0.25) is 9.59 Å². The highest BCUT2D eigenvalue weighted by molar-refractivity contribution is 5.96. The highest BCUT2D eigenvalue weighted by Crippen LogP contribution is 2.27. The van der Waals surface area contributed by atoms with Gasteiger partial charge in [-0.25, -0.2) is 0 Å². The maximum absolute atomic E-state index is 12.4. The fraction of sp³-hybridized carbons (Fsp3) is 0.0909. The number of amides is 2. The van der Waals surface area contributed by atoms with Gasteiger partial charge in [0.25, 0.3) is 0 Å². The number of carbonyl (C=O) groups is 2. The lowest BCUT2D eigenvalue weighted by Crippen LogP contribution is -2.15. The smallest absolute Gasteiger partial charge is 0.228 e. The van der Waals surface area contributed by atoms with Crippen LogP contribution in [0.25, 0.3) is 11.1 Å². The molecule has 26 heavy (non-hydrogen) atoms. The predicted molar refractivity (Wildman–Crippen MR) is 105 cm³/mol. The first kappa shape index (κ1) is 17.4. The molecule has 0 saturated carbocycles. The quantitative estimate of drug-likeness (QED) is 0.716. The number of hydrogen-bond donors (Lipinski definition) is 2. The molecular formula is C22H20N2O2. The van der Waals surface area contributed by atoms with Crippen LogP contribution in [0.3, 0.4) is 0 Å². The van der Waals surface area contributed by atoms with Gasteiger partial charge in [-0.2, -0.15) is 0 Å². The Labute approximate surface area is 152 Å². The molecule has 0 aliphatic carbocycles. The lowest BCUT2D eigenvalue weighted by molar-refractivity contribution is -0.116. The zero-order chi connectivity index (χ0) is 18.4. The third-order valence-electron chi connectivity index (χ3n) is 3.92. The highest BCUT2D eigenvalue weighted by atomic mass is 16.2. The van der Waals surface area contributed by atoms with E-state index in [1.165, 1.54) is 6.92 Å². The van der Waals surface area contributed by atoms with Crippen LogP contribution in [0, 0.1) is 0 Å². The summed E-state index contributed by atoms with van der Waals surface area (Å²) in [6.07, 6.45) is 0.267. The Morgan fingerprint density at radius 3 is 2.12 bits per heavy atom. The minimum absolute atomic E-state index is 0.0827. The van der Waals surface area contributed by atoms with E-state index in [9.17, 15) is 9.59 Å². The van der Waals surface area contributed by atoms with Crippen LogP contribution in [-0.2, 0) is 16.0 Å². The van der Waals surface area contributed by atoms with E-state index in [0.717, 1.165) is 28.1 Å². The van der Waals surface area contributed by atoms with Crippen LogP contribution in [0.5, 0.6) is 0 Å².